The highest BCUT2D eigenvalue weighted by atomic mass is 16.6. The lowest BCUT2D eigenvalue weighted by Gasteiger charge is -2.18. The molecule has 2 aliphatic rings. The van der Waals surface area contributed by atoms with Gasteiger partial charge in [0.1, 0.15) is 18.0 Å². The molecule has 2 fully saturated rings. The standard InChI is InChI=1S/C30H28N4O4/c35-27(19-36-23-9-5-2-6-10-23)32-25-17-37-29-26(18-38-28(25)29)34-30-31-16-15-24(33-30)22-13-11-21(12-14-22)20-7-3-1-4-8-20/h1-16,25-26,28-29H,17-19H2,(H,32,35)(H,31,33,34)/t25-,26-,28+,29+/m0/s1. The smallest absolute Gasteiger partial charge is 0.258 e. The lowest BCUT2D eigenvalue weighted by Crippen LogP contribution is -2.46. The second-order valence-electron chi connectivity index (χ2n) is 9.33. The third-order valence-electron chi connectivity index (χ3n) is 6.77. The Morgan fingerprint density at radius 2 is 1.42 bits per heavy atom. The minimum atomic E-state index is -0.248. The Bertz CT molecular complexity index is 1370. The van der Waals surface area contributed by atoms with Crippen molar-refractivity contribution in [2.45, 2.75) is 24.3 Å². The fourth-order valence-electron chi connectivity index (χ4n) is 4.88. The fourth-order valence-corrected chi connectivity index (χ4v) is 4.88. The number of benzene rings is 3. The fraction of sp³-hybridized carbons (Fsp3) is 0.233. The Kier molecular flexibility index (Phi) is 6.97. The van der Waals surface area contributed by atoms with E-state index in [-0.39, 0.29) is 36.8 Å². The number of fused-ring (bicyclic) bond motifs is 1. The summed E-state index contributed by atoms with van der Waals surface area (Å²) < 4.78 is 17.6. The minimum Gasteiger partial charge on any atom is -0.484 e. The highest BCUT2D eigenvalue weighted by Gasteiger charge is 2.48. The van der Waals surface area contributed by atoms with Gasteiger partial charge in [-0.25, -0.2) is 9.97 Å². The Hall–Kier alpha value is -4.27. The van der Waals surface area contributed by atoms with Crippen molar-refractivity contribution >= 4 is 11.9 Å². The van der Waals surface area contributed by atoms with Crippen molar-refractivity contribution in [1.29, 1.82) is 0 Å². The predicted octanol–water partition coefficient (Wildman–Crippen LogP) is 3.95. The van der Waals surface area contributed by atoms with Gasteiger partial charge in [0.15, 0.2) is 6.61 Å². The molecule has 3 heterocycles. The molecule has 6 rings (SSSR count). The van der Waals surface area contributed by atoms with Crippen LogP contribution in [0.4, 0.5) is 5.95 Å². The summed E-state index contributed by atoms with van der Waals surface area (Å²) >= 11 is 0. The first kappa shape index (κ1) is 24.1. The third kappa shape index (κ3) is 5.37. The highest BCUT2D eigenvalue weighted by molar-refractivity contribution is 5.78. The molecule has 192 valence electrons. The van der Waals surface area contributed by atoms with Gasteiger partial charge >= 0.3 is 0 Å². The molecule has 3 aromatic carbocycles. The van der Waals surface area contributed by atoms with E-state index in [0.717, 1.165) is 16.8 Å². The van der Waals surface area contributed by atoms with E-state index in [1.165, 1.54) is 5.56 Å². The van der Waals surface area contributed by atoms with Gasteiger partial charge in [-0.15, -0.1) is 0 Å². The Labute approximate surface area is 221 Å². The van der Waals surface area contributed by atoms with Gasteiger partial charge in [-0.05, 0) is 29.3 Å². The highest BCUT2D eigenvalue weighted by Crippen LogP contribution is 2.29. The lowest BCUT2D eigenvalue weighted by molar-refractivity contribution is -0.124. The number of para-hydroxylation sites is 1. The van der Waals surface area contributed by atoms with Gasteiger partial charge in [0, 0.05) is 11.8 Å². The summed E-state index contributed by atoms with van der Waals surface area (Å²) in [5.41, 5.74) is 4.17. The van der Waals surface area contributed by atoms with Crippen LogP contribution in [0.15, 0.2) is 97.2 Å². The SMILES string of the molecule is O=C(COc1ccccc1)N[C@H]1CO[C@H]2[C@@H]1OC[C@@H]2Nc1nccc(-c2ccc(-c3ccccc3)cc2)n1. The molecule has 2 saturated heterocycles. The van der Waals surface area contributed by atoms with E-state index in [2.05, 4.69) is 52.0 Å². The normalized spacial score (nSPS) is 22.0. The van der Waals surface area contributed by atoms with Crippen LogP contribution >= 0.6 is 0 Å². The minimum absolute atomic E-state index is 0.0630. The monoisotopic (exact) mass is 508 g/mol. The molecular weight excluding hydrogens is 480 g/mol. The van der Waals surface area contributed by atoms with E-state index in [1.54, 1.807) is 6.20 Å². The van der Waals surface area contributed by atoms with Crippen LogP contribution in [-0.2, 0) is 14.3 Å². The second-order valence-corrected chi connectivity index (χ2v) is 9.33. The van der Waals surface area contributed by atoms with E-state index >= 15 is 0 Å². The van der Waals surface area contributed by atoms with E-state index in [1.807, 2.05) is 54.6 Å². The number of ether oxygens (including phenoxy) is 3. The maximum Gasteiger partial charge on any atom is 0.258 e. The van der Waals surface area contributed by atoms with E-state index in [9.17, 15) is 4.79 Å². The molecule has 0 spiro atoms. The van der Waals surface area contributed by atoms with Crippen LogP contribution in [0.2, 0.25) is 0 Å². The van der Waals surface area contributed by atoms with E-state index < -0.39 is 0 Å². The van der Waals surface area contributed by atoms with E-state index in [4.69, 9.17) is 19.2 Å². The molecule has 8 heteroatoms. The first-order chi connectivity index (χ1) is 18.7. The van der Waals surface area contributed by atoms with Crippen LogP contribution in [0.25, 0.3) is 22.4 Å². The topological polar surface area (TPSA) is 94.6 Å². The maximum absolute atomic E-state index is 12.4. The van der Waals surface area contributed by atoms with Gasteiger partial charge in [-0.2, -0.15) is 0 Å². The Balaban J connectivity index is 1.05. The molecule has 0 aliphatic carbocycles. The number of anilines is 1. The number of hydrogen-bond acceptors (Lipinski definition) is 7. The average Bonchev–Trinajstić information content (AvgIpc) is 3.56. The number of aromatic nitrogens is 2. The second kappa shape index (κ2) is 11.0. The summed E-state index contributed by atoms with van der Waals surface area (Å²) in [5, 5.41) is 6.35. The summed E-state index contributed by atoms with van der Waals surface area (Å²) in [4.78, 5) is 21.6. The van der Waals surface area contributed by atoms with Crippen LogP contribution in [0.1, 0.15) is 0 Å². The van der Waals surface area contributed by atoms with Crippen LogP contribution in [0.5, 0.6) is 5.75 Å². The molecule has 8 nitrogen and oxygen atoms in total. The summed E-state index contributed by atoms with van der Waals surface area (Å²) in [5.74, 6) is 0.951. The number of nitrogens with zero attached hydrogens (tertiary/aromatic N) is 2. The lowest BCUT2D eigenvalue weighted by atomic mass is 10.0. The Morgan fingerprint density at radius 1 is 0.789 bits per heavy atom. The number of nitrogens with one attached hydrogen (secondary N) is 2. The number of hydrogen-bond donors (Lipinski definition) is 2. The van der Waals surface area contributed by atoms with Crippen molar-refractivity contribution < 1.29 is 19.0 Å². The van der Waals surface area contributed by atoms with Crippen molar-refractivity contribution in [2.24, 2.45) is 0 Å². The van der Waals surface area contributed by atoms with Crippen molar-refractivity contribution in [2.75, 3.05) is 25.1 Å². The zero-order valence-electron chi connectivity index (χ0n) is 20.7. The summed E-state index contributed by atoms with van der Waals surface area (Å²) in [6.45, 7) is 0.743. The predicted molar refractivity (Wildman–Crippen MR) is 144 cm³/mol. The van der Waals surface area contributed by atoms with Crippen LogP contribution in [0.3, 0.4) is 0 Å². The van der Waals surface area contributed by atoms with E-state index in [0.29, 0.717) is 24.9 Å². The first-order valence-electron chi connectivity index (χ1n) is 12.7. The first-order valence-corrected chi connectivity index (χ1v) is 12.7. The van der Waals surface area contributed by atoms with Gasteiger partial charge in [0.05, 0.1) is 31.0 Å². The molecule has 4 atom stereocenters. The van der Waals surface area contributed by atoms with Gasteiger partial charge in [0.25, 0.3) is 5.91 Å². The van der Waals surface area contributed by atoms with Crippen molar-refractivity contribution in [3.63, 3.8) is 0 Å². The van der Waals surface area contributed by atoms with Gasteiger partial charge in [-0.3, -0.25) is 4.79 Å². The van der Waals surface area contributed by atoms with Crippen LogP contribution < -0.4 is 15.4 Å². The molecule has 0 bridgehead atoms. The molecule has 4 aromatic rings. The third-order valence-corrected chi connectivity index (χ3v) is 6.77. The largest absolute Gasteiger partial charge is 0.484 e. The number of carbonyl (C=O) groups is 1. The van der Waals surface area contributed by atoms with Gasteiger partial charge < -0.3 is 24.8 Å². The molecule has 1 aromatic heterocycles. The van der Waals surface area contributed by atoms with Gasteiger partial charge in [0.2, 0.25) is 5.95 Å². The van der Waals surface area contributed by atoms with Crippen LogP contribution in [0, 0.1) is 0 Å². The van der Waals surface area contributed by atoms with Crippen molar-refractivity contribution in [3.05, 3.63) is 97.2 Å². The number of carbonyl (C=O) groups excluding carboxylic acids is 1. The number of rotatable bonds is 8. The maximum atomic E-state index is 12.4. The number of amides is 1. The molecule has 2 aliphatic heterocycles. The zero-order valence-corrected chi connectivity index (χ0v) is 20.7. The summed E-state index contributed by atoms with van der Waals surface area (Å²) in [6.07, 6.45) is 1.28. The summed E-state index contributed by atoms with van der Waals surface area (Å²) in [6, 6.07) is 29.4. The molecule has 38 heavy (non-hydrogen) atoms. The zero-order chi connectivity index (χ0) is 25.7. The molecule has 0 radical (unpaired) electrons. The molecule has 1 amide bonds. The molecule has 2 N–H and O–H groups in total. The molecule has 0 unspecified atom stereocenters. The van der Waals surface area contributed by atoms with Crippen molar-refractivity contribution in [3.8, 4) is 28.1 Å². The quantitative estimate of drug-likeness (QED) is 0.372. The van der Waals surface area contributed by atoms with Crippen molar-refractivity contribution in [1.82, 2.24) is 15.3 Å². The van der Waals surface area contributed by atoms with Crippen LogP contribution in [-0.4, -0.2) is 60.0 Å². The van der Waals surface area contributed by atoms with Gasteiger partial charge in [-0.1, -0.05) is 72.8 Å². The molecule has 0 saturated carbocycles. The summed E-state index contributed by atoms with van der Waals surface area (Å²) in [7, 11) is 0. The Morgan fingerprint density at radius 3 is 2.18 bits per heavy atom. The average molecular weight is 509 g/mol. The molecular formula is C30H28N4O4.